The predicted octanol–water partition coefficient (Wildman–Crippen LogP) is 3.63. The third kappa shape index (κ3) is 3.23. The Bertz CT molecular complexity index is 1020. The molecule has 0 radical (unpaired) electrons. The molecule has 140 valence electrons. The average Bonchev–Trinajstić information content (AvgIpc) is 3.00. The van der Waals surface area contributed by atoms with E-state index in [0.29, 0.717) is 24.7 Å². The molecule has 3 aromatic rings. The Morgan fingerprint density at radius 1 is 1.19 bits per heavy atom. The second-order valence-electron chi connectivity index (χ2n) is 6.75. The molecule has 0 bridgehead atoms. The summed E-state index contributed by atoms with van der Waals surface area (Å²) < 4.78 is 13.3. The van der Waals surface area contributed by atoms with Crippen molar-refractivity contribution in [1.82, 2.24) is 9.55 Å². The first-order valence-corrected chi connectivity index (χ1v) is 9.21. The maximum atomic E-state index is 12.7. The van der Waals surface area contributed by atoms with E-state index in [1.54, 1.807) is 0 Å². The molecular formula is C21H23N3O3. The van der Waals surface area contributed by atoms with Crippen molar-refractivity contribution in [3.8, 4) is 11.5 Å². The SMILES string of the molecule is CCc1nc2cc3c(cc2n1CC(=O)Nc1cccc(C)c1C)OCCO3. The second kappa shape index (κ2) is 6.95. The summed E-state index contributed by atoms with van der Waals surface area (Å²) >= 11 is 0. The molecule has 0 atom stereocenters. The Balaban J connectivity index is 1.66. The van der Waals surface area contributed by atoms with Crippen LogP contribution < -0.4 is 14.8 Å². The number of hydrogen-bond acceptors (Lipinski definition) is 4. The number of fused-ring (bicyclic) bond motifs is 2. The molecule has 6 nitrogen and oxygen atoms in total. The maximum absolute atomic E-state index is 12.7. The summed E-state index contributed by atoms with van der Waals surface area (Å²) in [6.07, 6.45) is 0.734. The number of carbonyl (C=O) groups excluding carboxylic acids is 1. The molecule has 0 unspecified atom stereocenters. The number of nitrogens with zero attached hydrogens (tertiary/aromatic N) is 2. The van der Waals surface area contributed by atoms with Gasteiger partial charge in [-0.2, -0.15) is 0 Å². The maximum Gasteiger partial charge on any atom is 0.244 e. The predicted molar refractivity (Wildman–Crippen MR) is 105 cm³/mol. The van der Waals surface area contributed by atoms with Gasteiger partial charge in [-0.1, -0.05) is 19.1 Å². The van der Waals surface area contributed by atoms with Crippen molar-refractivity contribution in [1.29, 1.82) is 0 Å². The second-order valence-corrected chi connectivity index (χ2v) is 6.75. The number of imidazole rings is 1. The van der Waals surface area contributed by atoms with Crippen molar-refractivity contribution < 1.29 is 14.3 Å². The molecule has 27 heavy (non-hydrogen) atoms. The molecular weight excluding hydrogens is 342 g/mol. The lowest BCUT2D eigenvalue weighted by atomic mass is 10.1. The van der Waals surface area contributed by atoms with Crippen molar-refractivity contribution in [2.75, 3.05) is 18.5 Å². The quantitative estimate of drug-likeness (QED) is 0.767. The fraction of sp³-hybridized carbons (Fsp3) is 0.333. The summed E-state index contributed by atoms with van der Waals surface area (Å²) in [4.78, 5) is 17.4. The van der Waals surface area contributed by atoms with Gasteiger partial charge in [0.2, 0.25) is 5.91 Å². The van der Waals surface area contributed by atoms with Crippen LogP contribution in [0.25, 0.3) is 11.0 Å². The van der Waals surface area contributed by atoms with Gasteiger partial charge in [0.05, 0.1) is 11.0 Å². The first-order valence-electron chi connectivity index (χ1n) is 9.21. The van der Waals surface area contributed by atoms with Gasteiger partial charge in [-0.25, -0.2) is 4.98 Å². The molecule has 2 heterocycles. The summed E-state index contributed by atoms with van der Waals surface area (Å²) in [6, 6.07) is 9.72. The van der Waals surface area contributed by atoms with Crippen LogP contribution in [0.4, 0.5) is 5.69 Å². The Morgan fingerprint density at radius 2 is 1.93 bits per heavy atom. The van der Waals surface area contributed by atoms with Crippen molar-refractivity contribution in [2.45, 2.75) is 33.7 Å². The van der Waals surface area contributed by atoms with Crippen LogP contribution >= 0.6 is 0 Å². The number of benzene rings is 2. The summed E-state index contributed by atoms with van der Waals surface area (Å²) in [7, 11) is 0. The van der Waals surface area contributed by atoms with E-state index < -0.39 is 0 Å². The van der Waals surface area contributed by atoms with Gasteiger partial charge >= 0.3 is 0 Å². The van der Waals surface area contributed by atoms with Crippen LogP contribution in [-0.2, 0) is 17.8 Å². The van der Waals surface area contributed by atoms with Gasteiger partial charge in [0.15, 0.2) is 11.5 Å². The number of anilines is 1. The third-order valence-electron chi connectivity index (χ3n) is 4.99. The van der Waals surface area contributed by atoms with E-state index in [2.05, 4.69) is 10.3 Å². The van der Waals surface area contributed by atoms with E-state index in [1.807, 2.05) is 55.7 Å². The molecule has 0 aliphatic carbocycles. The Hall–Kier alpha value is -3.02. The molecule has 1 N–H and O–H groups in total. The number of aryl methyl sites for hydroxylation is 2. The highest BCUT2D eigenvalue weighted by molar-refractivity contribution is 5.93. The van der Waals surface area contributed by atoms with Crippen LogP contribution in [0.2, 0.25) is 0 Å². The van der Waals surface area contributed by atoms with Crippen molar-refractivity contribution >= 4 is 22.6 Å². The number of hydrogen-bond donors (Lipinski definition) is 1. The Morgan fingerprint density at radius 3 is 2.67 bits per heavy atom. The molecule has 1 aliphatic rings. The summed E-state index contributed by atoms with van der Waals surface area (Å²) in [6.45, 7) is 7.35. The zero-order valence-corrected chi connectivity index (χ0v) is 15.8. The van der Waals surface area contributed by atoms with Crippen LogP contribution in [0.15, 0.2) is 30.3 Å². The average molecular weight is 365 g/mol. The van der Waals surface area contributed by atoms with Crippen LogP contribution in [0.1, 0.15) is 23.9 Å². The standard InChI is InChI=1S/C21H23N3O3/c1-4-20-22-16-10-18-19(27-9-8-26-18)11-17(16)24(20)12-21(25)23-15-7-5-6-13(2)14(15)3/h5-7,10-11H,4,8-9,12H2,1-3H3,(H,23,25). The van der Waals surface area contributed by atoms with Gasteiger partial charge in [-0.05, 0) is 31.0 Å². The molecule has 6 heteroatoms. The summed E-state index contributed by atoms with van der Waals surface area (Å²) in [5.74, 6) is 2.20. The number of rotatable bonds is 4. The first kappa shape index (κ1) is 17.4. The van der Waals surface area contributed by atoms with E-state index in [4.69, 9.17) is 9.47 Å². The van der Waals surface area contributed by atoms with E-state index in [9.17, 15) is 4.79 Å². The van der Waals surface area contributed by atoms with Gasteiger partial charge in [0, 0.05) is 24.2 Å². The minimum Gasteiger partial charge on any atom is -0.486 e. The molecule has 1 aliphatic heterocycles. The molecule has 0 saturated heterocycles. The molecule has 0 spiro atoms. The topological polar surface area (TPSA) is 65.4 Å². The van der Waals surface area contributed by atoms with E-state index in [0.717, 1.165) is 40.1 Å². The van der Waals surface area contributed by atoms with Crippen LogP contribution in [0, 0.1) is 13.8 Å². The molecule has 4 rings (SSSR count). The van der Waals surface area contributed by atoms with Crippen molar-refractivity contribution in [3.05, 3.63) is 47.3 Å². The summed E-state index contributed by atoms with van der Waals surface area (Å²) in [5.41, 5.74) is 4.77. The number of ether oxygens (including phenoxy) is 2. The van der Waals surface area contributed by atoms with Gasteiger partial charge in [0.1, 0.15) is 25.6 Å². The summed E-state index contributed by atoms with van der Waals surface area (Å²) in [5, 5.41) is 3.02. The van der Waals surface area contributed by atoms with Crippen molar-refractivity contribution in [3.63, 3.8) is 0 Å². The lowest BCUT2D eigenvalue weighted by Gasteiger charge is -2.18. The monoisotopic (exact) mass is 365 g/mol. The Kier molecular flexibility index (Phi) is 4.48. The number of aromatic nitrogens is 2. The largest absolute Gasteiger partial charge is 0.486 e. The third-order valence-corrected chi connectivity index (χ3v) is 4.99. The fourth-order valence-corrected chi connectivity index (χ4v) is 3.38. The highest BCUT2D eigenvalue weighted by Crippen LogP contribution is 2.35. The van der Waals surface area contributed by atoms with Gasteiger partial charge in [0.25, 0.3) is 0 Å². The molecule has 1 aromatic heterocycles. The van der Waals surface area contributed by atoms with Gasteiger partial charge in [-0.15, -0.1) is 0 Å². The number of nitrogens with one attached hydrogen (secondary N) is 1. The van der Waals surface area contributed by atoms with Crippen LogP contribution in [-0.4, -0.2) is 28.7 Å². The molecule has 0 saturated carbocycles. The Labute approximate surface area is 158 Å². The van der Waals surface area contributed by atoms with Crippen LogP contribution in [0.5, 0.6) is 11.5 Å². The normalized spacial score (nSPS) is 13.0. The van der Waals surface area contributed by atoms with Gasteiger partial charge < -0.3 is 19.4 Å². The fourth-order valence-electron chi connectivity index (χ4n) is 3.38. The van der Waals surface area contributed by atoms with Crippen LogP contribution in [0.3, 0.4) is 0 Å². The van der Waals surface area contributed by atoms with Crippen molar-refractivity contribution in [2.24, 2.45) is 0 Å². The highest BCUT2D eigenvalue weighted by atomic mass is 16.6. The highest BCUT2D eigenvalue weighted by Gasteiger charge is 2.19. The molecule has 1 amide bonds. The smallest absolute Gasteiger partial charge is 0.244 e. The van der Waals surface area contributed by atoms with E-state index in [1.165, 1.54) is 0 Å². The van der Waals surface area contributed by atoms with Gasteiger partial charge in [-0.3, -0.25) is 4.79 Å². The zero-order valence-electron chi connectivity index (χ0n) is 15.8. The van der Waals surface area contributed by atoms with E-state index in [-0.39, 0.29) is 12.5 Å². The minimum atomic E-state index is -0.0763. The molecule has 2 aromatic carbocycles. The molecule has 0 fully saturated rings. The first-order chi connectivity index (χ1) is 13.1. The lowest BCUT2D eigenvalue weighted by molar-refractivity contribution is -0.116. The lowest BCUT2D eigenvalue weighted by Crippen LogP contribution is -2.21. The minimum absolute atomic E-state index is 0.0763. The zero-order chi connectivity index (χ0) is 19.0. The number of amides is 1. The van der Waals surface area contributed by atoms with E-state index >= 15 is 0 Å². The number of carbonyl (C=O) groups is 1.